The summed E-state index contributed by atoms with van der Waals surface area (Å²) in [6.07, 6.45) is 1.88. The first-order valence-corrected chi connectivity index (χ1v) is 9.68. The molecule has 0 fully saturated rings. The first-order valence-electron chi connectivity index (χ1n) is 9.30. The van der Waals surface area contributed by atoms with Crippen LogP contribution < -0.4 is 0 Å². The Morgan fingerprint density at radius 1 is 1.28 bits per heavy atom. The molecule has 0 saturated carbocycles. The molecule has 0 unspecified atom stereocenters. The molecule has 1 atom stereocenters. The molecule has 0 radical (unpaired) electrons. The second kappa shape index (κ2) is 6.74. The summed E-state index contributed by atoms with van der Waals surface area (Å²) in [5.41, 5.74) is 3.56. The maximum absolute atomic E-state index is 15.0. The number of H-pyrrole nitrogens is 1. The van der Waals surface area contributed by atoms with Crippen molar-refractivity contribution in [2.75, 3.05) is 6.54 Å². The second-order valence-electron chi connectivity index (χ2n) is 7.12. The summed E-state index contributed by atoms with van der Waals surface area (Å²) < 4.78 is 20.3. The van der Waals surface area contributed by atoms with Gasteiger partial charge in [-0.05, 0) is 37.1 Å². The normalized spacial score (nSPS) is 16.2. The van der Waals surface area contributed by atoms with Gasteiger partial charge in [0.25, 0.3) is 5.91 Å². The number of hydrogen-bond acceptors (Lipinski definition) is 3. The van der Waals surface area contributed by atoms with Crippen LogP contribution in [0.5, 0.6) is 0 Å². The van der Waals surface area contributed by atoms with Gasteiger partial charge in [-0.3, -0.25) is 4.79 Å². The Labute approximate surface area is 171 Å². The van der Waals surface area contributed by atoms with Crippen LogP contribution in [0.3, 0.4) is 0 Å². The highest BCUT2D eigenvalue weighted by atomic mass is 35.5. The number of aromatic amines is 1. The highest BCUT2D eigenvalue weighted by molar-refractivity contribution is 6.31. The van der Waals surface area contributed by atoms with Crippen LogP contribution in [0, 0.1) is 12.7 Å². The zero-order valence-electron chi connectivity index (χ0n) is 15.6. The number of halogens is 2. The van der Waals surface area contributed by atoms with Gasteiger partial charge in [0.2, 0.25) is 5.76 Å². The van der Waals surface area contributed by atoms with Gasteiger partial charge in [0.15, 0.2) is 6.39 Å². The summed E-state index contributed by atoms with van der Waals surface area (Å²) in [4.78, 5) is 22.4. The second-order valence-corrected chi connectivity index (χ2v) is 7.52. The van der Waals surface area contributed by atoms with Gasteiger partial charge in [-0.1, -0.05) is 35.9 Å². The van der Waals surface area contributed by atoms with Gasteiger partial charge in [0.05, 0.1) is 5.69 Å². The van der Waals surface area contributed by atoms with Crippen molar-refractivity contribution in [2.45, 2.75) is 19.4 Å². The third kappa shape index (κ3) is 2.75. The fourth-order valence-electron chi connectivity index (χ4n) is 4.17. The highest BCUT2D eigenvalue weighted by Gasteiger charge is 2.38. The minimum absolute atomic E-state index is 0.155. The van der Waals surface area contributed by atoms with Gasteiger partial charge in [-0.25, -0.2) is 9.37 Å². The van der Waals surface area contributed by atoms with Gasteiger partial charge < -0.3 is 14.3 Å². The maximum atomic E-state index is 15.0. The van der Waals surface area contributed by atoms with E-state index in [1.54, 1.807) is 24.0 Å². The molecule has 0 bridgehead atoms. The van der Waals surface area contributed by atoms with Crippen LogP contribution >= 0.6 is 11.6 Å². The van der Waals surface area contributed by atoms with E-state index >= 15 is 0 Å². The first kappa shape index (κ1) is 17.9. The zero-order chi connectivity index (χ0) is 20.1. The van der Waals surface area contributed by atoms with Crippen molar-refractivity contribution in [3.05, 3.63) is 88.0 Å². The molecule has 4 aromatic rings. The summed E-state index contributed by atoms with van der Waals surface area (Å²) in [7, 11) is 0. The van der Waals surface area contributed by atoms with Crippen LogP contribution in [0.15, 0.2) is 53.3 Å². The Balaban J connectivity index is 1.74. The van der Waals surface area contributed by atoms with E-state index in [9.17, 15) is 9.18 Å². The number of nitrogens with zero attached hydrogens (tertiary/aromatic N) is 2. The summed E-state index contributed by atoms with van der Waals surface area (Å²) in [5, 5.41) is 1.34. The van der Waals surface area contributed by atoms with Gasteiger partial charge >= 0.3 is 0 Å². The van der Waals surface area contributed by atoms with E-state index < -0.39 is 11.9 Å². The lowest BCUT2D eigenvalue weighted by Gasteiger charge is -2.36. The summed E-state index contributed by atoms with van der Waals surface area (Å²) in [6.45, 7) is 2.11. The van der Waals surface area contributed by atoms with E-state index in [-0.39, 0.29) is 22.3 Å². The minimum Gasteiger partial charge on any atom is -0.438 e. The Hall–Kier alpha value is -3.12. The Kier molecular flexibility index (Phi) is 4.17. The number of nitrogens with one attached hydrogen (secondary N) is 1. The van der Waals surface area contributed by atoms with Gasteiger partial charge in [0.1, 0.15) is 11.9 Å². The van der Waals surface area contributed by atoms with E-state index in [0.29, 0.717) is 18.7 Å². The fraction of sp³-hybridized carbons (Fsp3) is 0.182. The summed E-state index contributed by atoms with van der Waals surface area (Å²) in [6, 6.07) is 11.8. The number of carbonyl (C=O) groups excluding carboxylic acids is 1. The molecule has 2 aromatic carbocycles. The minimum atomic E-state index is -0.697. The number of amides is 1. The lowest BCUT2D eigenvalue weighted by molar-refractivity contribution is 0.0656. The Bertz CT molecular complexity index is 1230. The van der Waals surface area contributed by atoms with E-state index in [1.165, 1.54) is 12.5 Å². The average Bonchev–Trinajstić information content (AvgIpc) is 3.31. The molecule has 3 heterocycles. The number of rotatable bonds is 2. The van der Waals surface area contributed by atoms with Crippen molar-refractivity contribution < 1.29 is 13.6 Å². The van der Waals surface area contributed by atoms with Crippen molar-refractivity contribution in [2.24, 2.45) is 0 Å². The number of benzene rings is 2. The standard InChI is InChI=1S/C22H17ClFN3O2/c1-12-21(29-11-25-12)22(28)27-10-9-14-13-5-2-3-8-17(13)26-19(14)20(27)18-15(23)6-4-7-16(18)24/h2-8,11,20,26H,9-10H2,1H3/t20-/m1/s1. The molecule has 2 aromatic heterocycles. The molecular weight excluding hydrogens is 393 g/mol. The quantitative estimate of drug-likeness (QED) is 0.504. The van der Waals surface area contributed by atoms with Crippen molar-refractivity contribution in [3.63, 3.8) is 0 Å². The lowest BCUT2D eigenvalue weighted by atomic mass is 9.91. The topological polar surface area (TPSA) is 62.1 Å². The van der Waals surface area contributed by atoms with Crippen LogP contribution in [-0.2, 0) is 6.42 Å². The smallest absolute Gasteiger partial charge is 0.292 e. The number of carbonyl (C=O) groups is 1. The third-order valence-electron chi connectivity index (χ3n) is 5.51. The fourth-order valence-corrected chi connectivity index (χ4v) is 4.44. The van der Waals surface area contributed by atoms with Crippen LogP contribution in [-0.4, -0.2) is 27.3 Å². The molecular formula is C22H17ClFN3O2. The van der Waals surface area contributed by atoms with Crippen molar-refractivity contribution in [3.8, 4) is 0 Å². The van der Waals surface area contributed by atoms with E-state index in [4.69, 9.17) is 16.0 Å². The summed E-state index contributed by atoms with van der Waals surface area (Å²) >= 11 is 6.43. The molecule has 0 saturated heterocycles. The van der Waals surface area contributed by atoms with Gasteiger partial charge in [-0.2, -0.15) is 0 Å². The molecule has 5 nitrogen and oxygen atoms in total. The average molecular weight is 410 g/mol. The van der Waals surface area contributed by atoms with E-state index in [0.717, 1.165) is 22.2 Å². The van der Waals surface area contributed by atoms with Gasteiger partial charge in [-0.15, -0.1) is 0 Å². The van der Waals surface area contributed by atoms with Crippen LogP contribution in [0.1, 0.15) is 39.1 Å². The molecule has 1 aliphatic heterocycles. The number of aromatic nitrogens is 2. The molecule has 146 valence electrons. The Morgan fingerprint density at radius 3 is 2.86 bits per heavy atom. The molecule has 29 heavy (non-hydrogen) atoms. The zero-order valence-corrected chi connectivity index (χ0v) is 16.3. The molecule has 1 aliphatic rings. The third-order valence-corrected chi connectivity index (χ3v) is 5.84. The van der Waals surface area contributed by atoms with Crippen LogP contribution in [0.4, 0.5) is 4.39 Å². The van der Waals surface area contributed by atoms with Crippen molar-refractivity contribution in [1.29, 1.82) is 0 Å². The SMILES string of the molecule is Cc1ncoc1C(=O)N1CCc2c([nH]c3ccccc23)[C@H]1c1c(F)cccc1Cl. The molecule has 0 spiro atoms. The highest BCUT2D eigenvalue weighted by Crippen LogP contribution is 2.42. The number of para-hydroxylation sites is 1. The van der Waals surface area contributed by atoms with Crippen molar-refractivity contribution >= 4 is 28.4 Å². The monoisotopic (exact) mass is 409 g/mol. The number of oxazole rings is 1. The van der Waals surface area contributed by atoms with E-state index in [2.05, 4.69) is 9.97 Å². The van der Waals surface area contributed by atoms with E-state index in [1.807, 2.05) is 24.3 Å². The number of hydrogen-bond donors (Lipinski definition) is 1. The number of fused-ring (bicyclic) bond motifs is 3. The van der Waals surface area contributed by atoms with Gasteiger partial charge in [0, 0.05) is 33.7 Å². The molecule has 7 heteroatoms. The molecule has 1 amide bonds. The predicted molar refractivity (Wildman–Crippen MR) is 108 cm³/mol. The first-order chi connectivity index (χ1) is 14.1. The molecule has 1 N–H and O–H groups in total. The molecule has 0 aliphatic carbocycles. The summed E-state index contributed by atoms with van der Waals surface area (Å²) in [5.74, 6) is -0.642. The van der Waals surface area contributed by atoms with Crippen LogP contribution in [0.25, 0.3) is 10.9 Å². The lowest BCUT2D eigenvalue weighted by Crippen LogP contribution is -2.41. The predicted octanol–water partition coefficient (Wildman–Crippen LogP) is 5.04. The molecule has 5 rings (SSSR count). The Morgan fingerprint density at radius 2 is 2.10 bits per heavy atom. The maximum Gasteiger partial charge on any atom is 0.292 e. The largest absolute Gasteiger partial charge is 0.438 e. The number of aryl methyl sites for hydroxylation is 1. The van der Waals surface area contributed by atoms with Crippen LogP contribution in [0.2, 0.25) is 5.02 Å². The van der Waals surface area contributed by atoms with Crippen molar-refractivity contribution in [1.82, 2.24) is 14.9 Å².